The Kier molecular flexibility index (Phi) is 9.77. The maximum Gasteiger partial charge on any atom is 0.323 e. The first-order valence-corrected chi connectivity index (χ1v) is 12.7. The van der Waals surface area contributed by atoms with Crippen LogP contribution in [0.15, 0.2) is 42.5 Å². The highest BCUT2D eigenvalue weighted by Gasteiger charge is 2.30. The number of carbonyl (C=O) groups excluding carboxylic acids is 3. The zero-order chi connectivity index (χ0) is 27.1. The molecule has 0 saturated carbocycles. The largest absolute Gasteiger partial charge is 0.491 e. The van der Waals surface area contributed by atoms with Crippen molar-refractivity contribution in [2.24, 2.45) is 5.92 Å². The Morgan fingerprint density at radius 1 is 1.08 bits per heavy atom. The van der Waals surface area contributed by atoms with Crippen LogP contribution in [0.4, 0.5) is 16.2 Å². The molecule has 2 aromatic rings. The van der Waals surface area contributed by atoms with E-state index in [1.807, 2.05) is 25.7 Å². The number of benzene rings is 2. The van der Waals surface area contributed by atoms with Crippen LogP contribution in [-0.2, 0) is 9.53 Å². The van der Waals surface area contributed by atoms with Crippen LogP contribution in [0.25, 0.3) is 0 Å². The van der Waals surface area contributed by atoms with Crippen LogP contribution < -0.4 is 15.4 Å². The summed E-state index contributed by atoms with van der Waals surface area (Å²) in [7, 11) is 3.31. The highest BCUT2D eigenvalue weighted by atomic mass is 35.5. The number of hydrogen-bond acceptors (Lipinski definition) is 5. The second-order valence-electron chi connectivity index (χ2n) is 9.29. The number of amides is 4. The number of nitrogens with one attached hydrogen (secondary N) is 2. The van der Waals surface area contributed by atoms with E-state index in [2.05, 4.69) is 10.6 Å². The fraction of sp³-hybridized carbons (Fsp3) is 0.444. The number of hydrogen-bond donors (Lipinski definition) is 2. The van der Waals surface area contributed by atoms with Gasteiger partial charge in [-0.25, -0.2) is 4.79 Å². The molecule has 3 rings (SSSR count). The molecule has 0 radical (unpaired) electrons. The molecule has 0 aliphatic carbocycles. The summed E-state index contributed by atoms with van der Waals surface area (Å²) < 4.78 is 11.8. The molecule has 0 aromatic heterocycles. The topological polar surface area (TPSA) is 100 Å². The Hall–Kier alpha value is -3.30. The fourth-order valence-electron chi connectivity index (χ4n) is 4.23. The van der Waals surface area contributed by atoms with Gasteiger partial charge in [-0.15, -0.1) is 0 Å². The summed E-state index contributed by atoms with van der Waals surface area (Å²) in [6.45, 7) is 6.81. The van der Waals surface area contributed by atoms with E-state index in [9.17, 15) is 14.4 Å². The van der Waals surface area contributed by atoms with Crippen LogP contribution in [0.2, 0.25) is 5.02 Å². The molecule has 200 valence electrons. The van der Waals surface area contributed by atoms with E-state index in [1.54, 1.807) is 61.5 Å². The molecule has 10 heteroatoms. The van der Waals surface area contributed by atoms with Gasteiger partial charge in [0.1, 0.15) is 12.4 Å². The summed E-state index contributed by atoms with van der Waals surface area (Å²) in [6, 6.07) is 11.0. The molecule has 2 aromatic carbocycles. The predicted octanol–water partition coefficient (Wildman–Crippen LogP) is 4.73. The molecule has 2 N–H and O–H groups in total. The lowest BCUT2D eigenvalue weighted by Crippen LogP contribution is -2.48. The number of rotatable bonds is 4. The zero-order valence-electron chi connectivity index (χ0n) is 21.9. The first-order valence-electron chi connectivity index (χ1n) is 12.3. The number of ether oxygens (including phenoxy) is 2. The van der Waals surface area contributed by atoms with Gasteiger partial charge in [0.05, 0.1) is 17.7 Å². The van der Waals surface area contributed by atoms with Crippen LogP contribution in [0.3, 0.4) is 0 Å². The van der Waals surface area contributed by atoms with E-state index >= 15 is 0 Å². The Morgan fingerprint density at radius 3 is 2.38 bits per heavy atom. The van der Waals surface area contributed by atoms with E-state index in [1.165, 1.54) is 0 Å². The minimum Gasteiger partial charge on any atom is -0.491 e. The molecule has 4 amide bonds. The van der Waals surface area contributed by atoms with Crippen molar-refractivity contribution in [2.45, 2.75) is 39.3 Å². The van der Waals surface area contributed by atoms with Gasteiger partial charge in [-0.3, -0.25) is 9.59 Å². The van der Waals surface area contributed by atoms with Crippen molar-refractivity contribution in [3.05, 3.63) is 53.1 Å². The SMILES string of the molecule is CCC(=O)N1C[C@H](C)[C@@H](OC)CN(C)C(=O)c2cc(NC(=O)Nc3ccc(Cl)cc3)ccc2OC[C@@H]1C. The van der Waals surface area contributed by atoms with Crippen molar-refractivity contribution >= 4 is 40.8 Å². The van der Waals surface area contributed by atoms with Gasteiger partial charge in [-0.2, -0.15) is 0 Å². The van der Waals surface area contributed by atoms with Crippen LogP contribution in [0.1, 0.15) is 37.6 Å². The average Bonchev–Trinajstić information content (AvgIpc) is 2.88. The Bertz CT molecular complexity index is 1110. The van der Waals surface area contributed by atoms with Crippen molar-refractivity contribution in [3.8, 4) is 5.75 Å². The molecular weight excluding hydrogens is 496 g/mol. The van der Waals surface area contributed by atoms with Gasteiger partial charge in [0.15, 0.2) is 0 Å². The second-order valence-corrected chi connectivity index (χ2v) is 9.73. The van der Waals surface area contributed by atoms with E-state index in [0.29, 0.717) is 47.2 Å². The summed E-state index contributed by atoms with van der Waals surface area (Å²) in [4.78, 5) is 42.1. The molecule has 3 atom stereocenters. The standard InChI is InChI=1S/C27H35ClN4O5/c1-6-25(33)32-14-17(2)24(36-5)15-31(4)26(34)22-13-21(11-12-23(22)37-16-18(32)3)30-27(35)29-20-9-7-19(28)8-10-20/h7-13,17-18,24H,6,14-16H2,1-5H3,(H2,29,30,35)/t17-,18-,24-/m0/s1. The number of fused-ring (bicyclic) bond motifs is 1. The van der Waals surface area contributed by atoms with Crippen LogP contribution in [0.5, 0.6) is 5.75 Å². The molecular formula is C27H35ClN4O5. The fourth-order valence-corrected chi connectivity index (χ4v) is 4.36. The van der Waals surface area contributed by atoms with Crippen molar-refractivity contribution in [3.63, 3.8) is 0 Å². The quantitative estimate of drug-likeness (QED) is 0.595. The molecule has 9 nitrogen and oxygen atoms in total. The Labute approximate surface area is 223 Å². The molecule has 0 bridgehead atoms. The van der Waals surface area contributed by atoms with Crippen molar-refractivity contribution < 1.29 is 23.9 Å². The Balaban J connectivity index is 1.88. The minimum absolute atomic E-state index is 0.0124. The molecule has 1 aliphatic rings. The van der Waals surface area contributed by atoms with Crippen molar-refractivity contribution in [1.29, 1.82) is 0 Å². The van der Waals surface area contributed by atoms with E-state index < -0.39 is 6.03 Å². The number of carbonyl (C=O) groups is 3. The summed E-state index contributed by atoms with van der Waals surface area (Å²) >= 11 is 5.90. The normalized spacial score (nSPS) is 20.7. The number of urea groups is 1. The van der Waals surface area contributed by atoms with Gasteiger partial charge in [0.25, 0.3) is 5.91 Å². The van der Waals surface area contributed by atoms with Gasteiger partial charge in [-0.1, -0.05) is 25.4 Å². The zero-order valence-corrected chi connectivity index (χ0v) is 22.7. The lowest BCUT2D eigenvalue weighted by molar-refractivity contribution is -0.135. The van der Waals surface area contributed by atoms with Crippen LogP contribution in [0, 0.1) is 5.92 Å². The maximum absolute atomic E-state index is 13.5. The Morgan fingerprint density at radius 2 is 1.73 bits per heavy atom. The number of anilines is 2. The highest BCUT2D eigenvalue weighted by Crippen LogP contribution is 2.27. The minimum atomic E-state index is -0.465. The third-order valence-electron chi connectivity index (χ3n) is 6.43. The van der Waals surface area contributed by atoms with Gasteiger partial charge < -0.3 is 29.9 Å². The third kappa shape index (κ3) is 7.36. The lowest BCUT2D eigenvalue weighted by atomic mass is 10.0. The van der Waals surface area contributed by atoms with Gasteiger partial charge >= 0.3 is 6.03 Å². The number of methoxy groups -OCH3 is 1. The molecule has 0 unspecified atom stereocenters. The van der Waals surface area contributed by atoms with Gasteiger partial charge in [0.2, 0.25) is 5.91 Å². The summed E-state index contributed by atoms with van der Waals surface area (Å²) in [5, 5.41) is 6.05. The summed E-state index contributed by atoms with van der Waals surface area (Å²) in [6.07, 6.45) is 0.111. The van der Waals surface area contributed by atoms with Crippen molar-refractivity contribution in [2.75, 3.05) is 44.5 Å². The lowest BCUT2D eigenvalue weighted by Gasteiger charge is -2.36. The van der Waals surface area contributed by atoms with E-state index in [0.717, 1.165) is 0 Å². The number of likely N-dealkylation sites (N-methyl/N-ethyl adjacent to an activating group) is 1. The van der Waals surface area contributed by atoms with E-state index in [4.69, 9.17) is 21.1 Å². The van der Waals surface area contributed by atoms with Crippen LogP contribution in [-0.4, -0.2) is 73.6 Å². The van der Waals surface area contributed by atoms with Gasteiger partial charge in [0, 0.05) is 56.0 Å². The summed E-state index contributed by atoms with van der Waals surface area (Å²) in [5.41, 5.74) is 1.30. The first-order chi connectivity index (χ1) is 17.6. The molecule has 0 fully saturated rings. The average molecular weight is 531 g/mol. The second kappa shape index (κ2) is 12.8. The number of nitrogens with zero attached hydrogens (tertiary/aromatic N) is 2. The molecule has 0 saturated heterocycles. The smallest absolute Gasteiger partial charge is 0.323 e. The molecule has 37 heavy (non-hydrogen) atoms. The monoisotopic (exact) mass is 530 g/mol. The number of halogens is 1. The molecule has 0 spiro atoms. The van der Waals surface area contributed by atoms with Gasteiger partial charge in [-0.05, 0) is 49.4 Å². The van der Waals surface area contributed by atoms with E-state index in [-0.39, 0.29) is 36.5 Å². The first kappa shape index (κ1) is 28.3. The molecule has 1 heterocycles. The maximum atomic E-state index is 13.5. The third-order valence-corrected chi connectivity index (χ3v) is 6.68. The van der Waals surface area contributed by atoms with Crippen LogP contribution >= 0.6 is 11.6 Å². The summed E-state index contributed by atoms with van der Waals surface area (Å²) in [5.74, 6) is 0.131. The predicted molar refractivity (Wildman–Crippen MR) is 144 cm³/mol. The molecule has 1 aliphatic heterocycles. The highest BCUT2D eigenvalue weighted by molar-refractivity contribution is 6.30. The van der Waals surface area contributed by atoms with Crippen molar-refractivity contribution in [1.82, 2.24) is 9.80 Å².